The molecule has 1 aliphatic heterocycles. The summed E-state index contributed by atoms with van der Waals surface area (Å²) >= 11 is 5.95. The highest BCUT2D eigenvalue weighted by molar-refractivity contribution is 6.30. The topological polar surface area (TPSA) is 89.2 Å². The second-order valence-electron chi connectivity index (χ2n) is 5.60. The van der Waals surface area contributed by atoms with E-state index in [1.54, 1.807) is 48.5 Å². The van der Waals surface area contributed by atoms with Crippen LogP contribution in [0.2, 0.25) is 5.02 Å². The molecule has 6 heteroatoms. The quantitative estimate of drug-likeness (QED) is 0.723. The summed E-state index contributed by atoms with van der Waals surface area (Å²) in [6.45, 7) is 0. The Morgan fingerprint density at radius 3 is 2.44 bits per heavy atom. The molecule has 2 heterocycles. The normalized spacial score (nSPS) is 16.2. The Kier molecular flexibility index (Phi) is 3.48. The number of allylic oxidation sites excluding steroid dienone is 1. The van der Waals surface area contributed by atoms with Crippen LogP contribution in [-0.4, -0.2) is 0 Å². The Morgan fingerprint density at radius 2 is 1.76 bits per heavy atom. The van der Waals surface area contributed by atoms with Crippen molar-refractivity contribution in [1.82, 2.24) is 0 Å². The number of hydrogen-bond acceptors (Lipinski definition) is 5. The average molecular weight is 351 g/mol. The average Bonchev–Trinajstić information content (AvgIpc) is 2.63. The van der Waals surface area contributed by atoms with Gasteiger partial charge in [-0.3, -0.25) is 0 Å². The molecule has 1 atom stereocenters. The minimum Gasteiger partial charge on any atom is -0.436 e. The van der Waals surface area contributed by atoms with Gasteiger partial charge < -0.3 is 14.9 Å². The largest absolute Gasteiger partial charge is 0.436 e. The van der Waals surface area contributed by atoms with E-state index < -0.39 is 11.5 Å². The maximum Gasteiger partial charge on any atom is 0.344 e. The Bertz CT molecular complexity index is 1120. The predicted molar refractivity (Wildman–Crippen MR) is 93.2 cm³/mol. The van der Waals surface area contributed by atoms with Crippen molar-refractivity contribution >= 4 is 22.4 Å². The molecule has 25 heavy (non-hydrogen) atoms. The molecular weight excluding hydrogens is 340 g/mol. The molecule has 0 saturated carbocycles. The third-order valence-electron chi connectivity index (χ3n) is 4.17. The zero-order valence-electron chi connectivity index (χ0n) is 12.8. The fourth-order valence-electron chi connectivity index (χ4n) is 3.02. The first-order valence-electron chi connectivity index (χ1n) is 7.49. The third-order valence-corrected chi connectivity index (χ3v) is 4.42. The van der Waals surface area contributed by atoms with Crippen LogP contribution in [0.4, 0.5) is 0 Å². The summed E-state index contributed by atoms with van der Waals surface area (Å²) in [5, 5.41) is 11.1. The van der Waals surface area contributed by atoms with Crippen LogP contribution < -0.4 is 16.1 Å². The smallest absolute Gasteiger partial charge is 0.344 e. The minimum atomic E-state index is -0.636. The van der Waals surface area contributed by atoms with Gasteiger partial charge in [-0.25, -0.2) is 4.79 Å². The Hall–Kier alpha value is -3.23. The van der Waals surface area contributed by atoms with Crippen molar-refractivity contribution in [1.29, 1.82) is 5.26 Å². The number of hydrogen-bond donors (Lipinski definition) is 1. The van der Waals surface area contributed by atoms with Crippen molar-refractivity contribution in [3.05, 3.63) is 86.8 Å². The van der Waals surface area contributed by atoms with Gasteiger partial charge in [-0.15, -0.1) is 0 Å². The van der Waals surface area contributed by atoms with E-state index in [1.807, 2.05) is 0 Å². The standard InChI is InChI=1S/C19H11ClN2O3/c20-11-7-5-10(6-8-11)15-14(9-21)18(22)24-16-12-3-1-2-4-13(12)19(23)25-17(15)16/h1-8,15H,22H2. The number of ether oxygens (including phenoxy) is 1. The molecule has 1 aromatic heterocycles. The highest BCUT2D eigenvalue weighted by atomic mass is 35.5. The van der Waals surface area contributed by atoms with Crippen LogP contribution in [0.3, 0.4) is 0 Å². The molecule has 2 aromatic carbocycles. The molecule has 0 amide bonds. The predicted octanol–water partition coefficient (Wildman–Crippen LogP) is 3.66. The summed E-state index contributed by atoms with van der Waals surface area (Å²) in [5.74, 6) is -0.0271. The van der Waals surface area contributed by atoms with Gasteiger partial charge in [0.1, 0.15) is 11.6 Å². The van der Waals surface area contributed by atoms with Crippen LogP contribution in [0.25, 0.3) is 10.8 Å². The number of nitriles is 1. The number of halogens is 1. The van der Waals surface area contributed by atoms with E-state index >= 15 is 0 Å². The Morgan fingerprint density at radius 1 is 1.08 bits per heavy atom. The van der Waals surface area contributed by atoms with Gasteiger partial charge in [0.25, 0.3) is 0 Å². The van der Waals surface area contributed by atoms with Gasteiger partial charge in [-0.05, 0) is 23.8 Å². The highest BCUT2D eigenvalue weighted by Crippen LogP contribution is 2.44. The van der Waals surface area contributed by atoms with Crippen LogP contribution in [0.5, 0.6) is 5.75 Å². The van der Waals surface area contributed by atoms with Crippen LogP contribution >= 0.6 is 11.6 Å². The van der Waals surface area contributed by atoms with Gasteiger partial charge in [-0.2, -0.15) is 5.26 Å². The van der Waals surface area contributed by atoms with Crippen molar-refractivity contribution in [3.63, 3.8) is 0 Å². The second-order valence-corrected chi connectivity index (χ2v) is 6.04. The summed E-state index contributed by atoms with van der Waals surface area (Å²) in [4.78, 5) is 12.4. The van der Waals surface area contributed by atoms with Crippen LogP contribution in [0.1, 0.15) is 17.2 Å². The first kappa shape index (κ1) is 15.3. The number of nitrogens with zero attached hydrogens (tertiary/aromatic N) is 1. The van der Waals surface area contributed by atoms with Gasteiger partial charge in [0.15, 0.2) is 11.5 Å². The lowest BCUT2D eigenvalue weighted by molar-refractivity contribution is 0.346. The molecule has 3 aromatic rings. The van der Waals surface area contributed by atoms with E-state index in [1.165, 1.54) is 0 Å². The molecule has 4 rings (SSSR count). The van der Waals surface area contributed by atoms with Crippen molar-refractivity contribution in [2.45, 2.75) is 5.92 Å². The summed E-state index contributed by atoms with van der Waals surface area (Å²) < 4.78 is 11.2. The summed E-state index contributed by atoms with van der Waals surface area (Å²) in [7, 11) is 0. The summed E-state index contributed by atoms with van der Waals surface area (Å²) in [6, 6.07) is 15.9. The molecule has 0 radical (unpaired) electrons. The Labute approximate surface area is 147 Å². The molecule has 0 saturated heterocycles. The summed E-state index contributed by atoms with van der Waals surface area (Å²) in [5.41, 5.74) is 6.41. The Balaban J connectivity index is 2.06. The fraction of sp³-hybridized carbons (Fsp3) is 0.0526. The van der Waals surface area contributed by atoms with Crippen LogP contribution in [0, 0.1) is 11.3 Å². The second kappa shape index (κ2) is 5.69. The molecule has 5 nitrogen and oxygen atoms in total. The van der Waals surface area contributed by atoms with Crippen molar-refractivity contribution < 1.29 is 9.15 Å². The molecule has 0 spiro atoms. The van der Waals surface area contributed by atoms with E-state index in [0.29, 0.717) is 21.5 Å². The van der Waals surface area contributed by atoms with Crippen LogP contribution in [0.15, 0.2) is 69.2 Å². The number of benzene rings is 2. The summed E-state index contributed by atoms with van der Waals surface area (Å²) in [6.07, 6.45) is 0. The number of nitrogens with two attached hydrogens (primary N) is 1. The molecular formula is C19H11ClN2O3. The number of fused-ring (bicyclic) bond motifs is 3. The minimum absolute atomic E-state index is 0.00560. The fourth-order valence-corrected chi connectivity index (χ4v) is 3.15. The molecule has 0 bridgehead atoms. The molecule has 2 N–H and O–H groups in total. The molecule has 122 valence electrons. The van der Waals surface area contributed by atoms with E-state index in [2.05, 4.69) is 6.07 Å². The molecule has 1 unspecified atom stereocenters. The maximum atomic E-state index is 12.4. The van der Waals surface area contributed by atoms with E-state index in [4.69, 9.17) is 26.5 Å². The lowest BCUT2D eigenvalue weighted by Crippen LogP contribution is -2.23. The molecule has 1 aliphatic rings. The first-order chi connectivity index (χ1) is 12.1. The van der Waals surface area contributed by atoms with E-state index in [9.17, 15) is 10.1 Å². The monoisotopic (exact) mass is 350 g/mol. The zero-order valence-corrected chi connectivity index (χ0v) is 13.6. The van der Waals surface area contributed by atoms with E-state index in [-0.39, 0.29) is 17.2 Å². The lowest BCUT2D eigenvalue weighted by atomic mass is 9.87. The number of rotatable bonds is 1. The first-order valence-corrected chi connectivity index (χ1v) is 7.86. The SMILES string of the molecule is N#CC1=C(N)Oc2c(oc(=O)c3ccccc23)C1c1ccc(Cl)cc1. The highest BCUT2D eigenvalue weighted by Gasteiger charge is 2.34. The zero-order chi connectivity index (χ0) is 17.6. The van der Waals surface area contributed by atoms with Gasteiger partial charge in [0.05, 0.1) is 11.3 Å². The van der Waals surface area contributed by atoms with Gasteiger partial charge in [0.2, 0.25) is 5.88 Å². The van der Waals surface area contributed by atoms with Crippen LogP contribution in [-0.2, 0) is 0 Å². The van der Waals surface area contributed by atoms with Crippen molar-refractivity contribution in [2.24, 2.45) is 5.73 Å². The molecule has 0 aliphatic carbocycles. The van der Waals surface area contributed by atoms with E-state index in [0.717, 1.165) is 5.56 Å². The molecule has 0 fully saturated rings. The maximum absolute atomic E-state index is 12.4. The third kappa shape index (κ3) is 2.35. The van der Waals surface area contributed by atoms with Crippen molar-refractivity contribution in [2.75, 3.05) is 0 Å². The van der Waals surface area contributed by atoms with Crippen molar-refractivity contribution in [3.8, 4) is 11.8 Å². The van der Waals surface area contributed by atoms with Gasteiger partial charge in [-0.1, -0.05) is 41.9 Å². The van der Waals surface area contributed by atoms with Gasteiger partial charge >= 0.3 is 5.63 Å². The lowest BCUT2D eigenvalue weighted by Gasteiger charge is -2.25. The van der Waals surface area contributed by atoms with Gasteiger partial charge in [0, 0.05) is 10.4 Å².